The van der Waals surface area contributed by atoms with E-state index in [4.69, 9.17) is 16.3 Å². The largest absolute Gasteiger partial charge is 0.492 e. The molecule has 3 rings (SSSR count). The SMILES string of the molecule is Fc1ccc(OCCN2CCN(c3ncc(C(F)(F)F)cc3Cl)CC2)cc1. The highest BCUT2D eigenvalue weighted by molar-refractivity contribution is 6.33. The second-order valence-electron chi connectivity index (χ2n) is 6.16. The van der Waals surface area contributed by atoms with Crippen molar-refractivity contribution in [3.8, 4) is 5.75 Å². The maximum absolute atomic E-state index is 12.8. The van der Waals surface area contributed by atoms with Crippen LogP contribution in [0.5, 0.6) is 5.75 Å². The van der Waals surface area contributed by atoms with Crippen molar-refractivity contribution in [2.75, 3.05) is 44.2 Å². The highest BCUT2D eigenvalue weighted by Gasteiger charge is 2.32. The number of piperazine rings is 1. The number of ether oxygens (including phenoxy) is 1. The summed E-state index contributed by atoms with van der Waals surface area (Å²) in [7, 11) is 0. The molecule has 0 amide bonds. The van der Waals surface area contributed by atoms with Gasteiger partial charge in [-0.25, -0.2) is 9.37 Å². The van der Waals surface area contributed by atoms with Gasteiger partial charge in [0.05, 0.1) is 10.6 Å². The van der Waals surface area contributed by atoms with E-state index in [9.17, 15) is 17.6 Å². The molecular weight excluding hydrogens is 386 g/mol. The van der Waals surface area contributed by atoms with Crippen molar-refractivity contribution in [1.29, 1.82) is 0 Å². The van der Waals surface area contributed by atoms with Crippen molar-refractivity contribution in [2.24, 2.45) is 0 Å². The smallest absolute Gasteiger partial charge is 0.417 e. The third-order valence-corrected chi connectivity index (χ3v) is 4.59. The number of hydrogen-bond acceptors (Lipinski definition) is 4. The van der Waals surface area contributed by atoms with Gasteiger partial charge in [0, 0.05) is 38.9 Å². The van der Waals surface area contributed by atoms with Crippen LogP contribution in [0.15, 0.2) is 36.5 Å². The molecule has 2 aromatic rings. The zero-order valence-electron chi connectivity index (χ0n) is 14.3. The molecule has 1 aliphatic rings. The van der Waals surface area contributed by atoms with E-state index in [1.54, 1.807) is 12.1 Å². The van der Waals surface area contributed by atoms with Crippen LogP contribution in [0.25, 0.3) is 0 Å². The number of aromatic nitrogens is 1. The summed E-state index contributed by atoms with van der Waals surface area (Å²) in [6.07, 6.45) is -3.65. The number of nitrogens with zero attached hydrogens (tertiary/aromatic N) is 3. The molecule has 0 bridgehead atoms. The summed E-state index contributed by atoms with van der Waals surface area (Å²) in [6, 6.07) is 6.74. The Morgan fingerprint density at radius 1 is 1.07 bits per heavy atom. The van der Waals surface area contributed by atoms with Crippen LogP contribution in [0.2, 0.25) is 5.02 Å². The molecule has 27 heavy (non-hydrogen) atoms. The van der Waals surface area contributed by atoms with Gasteiger partial charge >= 0.3 is 6.18 Å². The molecule has 0 aliphatic carbocycles. The van der Waals surface area contributed by atoms with Gasteiger partial charge in [0.15, 0.2) is 0 Å². The summed E-state index contributed by atoms with van der Waals surface area (Å²) in [5.74, 6) is 0.664. The third kappa shape index (κ3) is 5.23. The summed E-state index contributed by atoms with van der Waals surface area (Å²) >= 11 is 6.00. The fraction of sp³-hybridized carbons (Fsp3) is 0.389. The topological polar surface area (TPSA) is 28.6 Å². The van der Waals surface area contributed by atoms with E-state index in [0.717, 1.165) is 12.3 Å². The Labute approximate surface area is 159 Å². The van der Waals surface area contributed by atoms with Crippen LogP contribution in [0, 0.1) is 5.82 Å². The molecule has 1 fully saturated rings. The predicted molar refractivity (Wildman–Crippen MR) is 94.8 cm³/mol. The number of benzene rings is 1. The van der Waals surface area contributed by atoms with E-state index in [2.05, 4.69) is 9.88 Å². The van der Waals surface area contributed by atoms with E-state index in [1.165, 1.54) is 12.1 Å². The summed E-state index contributed by atoms with van der Waals surface area (Å²) in [6.45, 7) is 3.80. The molecule has 1 saturated heterocycles. The quantitative estimate of drug-likeness (QED) is 0.703. The van der Waals surface area contributed by atoms with E-state index >= 15 is 0 Å². The Kier molecular flexibility index (Phi) is 6.06. The second kappa shape index (κ2) is 8.31. The molecule has 1 aliphatic heterocycles. The van der Waals surface area contributed by atoms with E-state index in [0.29, 0.717) is 50.9 Å². The normalized spacial score (nSPS) is 15.8. The first-order chi connectivity index (χ1) is 12.8. The molecule has 0 radical (unpaired) electrons. The molecule has 0 saturated carbocycles. The van der Waals surface area contributed by atoms with Crippen LogP contribution in [-0.2, 0) is 6.18 Å². The van der Waals surface area contributed by atoms with Crippen molar-refractivity contribution >= 4 is 17.4 Å². The monoisotopic (exact) mass is 403 g/mol. The molecule has 2 heterocycles. The molecule has 9 heteroatoms. The Morgan fingerprint density at radius 3 is 2.33 bits per heavy atom. The fourth-order valence-corrected chi connectivity index (χ4v) is 3.11. The average Bonchev–Trinajstić information content (AvgIpc) is 2.63. The first-order valence-electron chi connectivity index (χ1n) is 8.41. The summed E-state index contributed by atoms with van der Waals surface area (Å²) in [5, 5.41) is -0.00193. The molecule has 1 aromatic carbocycles. The number of hydrogen-bond donors (Lipinski definition) is 0. The van der Waals surface area contributed by atoms with Gasteiger partial charge in [0.1, 0.15) is 24.0 Å². The summed E-state index contributed by atoms with van der Waals surface area (Å²) < 4.78 is 56.5. The molecule has 0 N–H and O–H groups in total. The lowest BCUT2D eigenvalue weighted by atomic mass is 10.2. The highest BCUT2D eigenvalue weighted by Crippen LogP contribution is 2.33. The van der Waals surface area contributed by atoms with Crippen molar-refractivity contribution in [3.63, 3.8) is 0 Å². The van der Waals surface area contributed by atoms with Crippen molar-refractivity contribution in [1.82, 2.24) is 9.88 Å². The molecule has 0 unspecified atom stereocenters. The maximum atomic E-state index is 12.8. The lowest BCUT2D eigenvalue weighted by Gasteiger charge is -2.35. The standard InChI is InChI=1S/C18H18ClF4N3O/c19-16-11-13(18(21,22)23)12-24-17(16)26-7-5-25(6-8-26)9-10-27-15-3-1-14(20)2-4-15/h1-4,11-12H,5-10H2. The minimum absolute atomic E-state index is 0.00193. The van der Waals surface area contributed by atoms with Crippen molar-refractivity contribution in [3.05, 3.63) is 52.9 Å². The minimum Gasteiger partial charge on any atom is -0.492 e. The van der Waals surface area contributed by atoms with Gasteiger partial charge in [-0.1, -0.05) is 11.6 Å². The van der Waals surface area contributed by atoms with Gasteiger partial charge in [-0.05, 0) is 30.3 Å². The maximum Gasteiger partial charge on any atom is 0.417 e. The average molecular weight is 404 g/mol. The fourth-order valence-electron chi connectivity index (χ4n) is 2.83. The number of rotatable bonds is 5. The summed E-state index contributed by atoms with van der Waals surface area (Å²) in [4.78, 5) is 7.96. The van der Waals surface area contributed by atoms with Gasteiger partial charge < -0.3 is 9.64 Å². The molecule has 0 atom stereocenters. The Hall–Kier alpha value is -2.06. The zero-order chi connectivity index (χ0) is 19.4. The third-order valence-electron chi connectivity index (χ3n) is 4.31. The number of anilines is 1. The van der Waals surface area contributed by atoms with Gasteiger partial charge in [0.2, 0.25) is 0 Å². The predicted octanol–water partition coefficient (Wildman–Crippen LogP) is 4.09. The van der Waals surface area contributed by atoms with Gasteiger partial charge in [0.25, 0.3) is 0 Å². The van der Waals surface area contributed by atoms with Gasteiger partial charge in [-0.15, -0.1) is 0 Å². The molecule has 0 spiro atoms. The van der Waals surface area contributed by atoms with Crippen LogP contribution >= 0.6 is 11.6 Å². The van der Waals surface area contributed by atoms with Crippen molar-refractivity contribution < 1.29 is 22.3 Å². The van der Waals surface area contributed by atoms with Gasteiger partial charge in [-0.3, -0.25) is 4.90 Å². The lowest BCUT2D eigenvalue weighted by Crippen LogP contribution is -2.47. The Balaban J connectivity index is 1.48. The van der Waals surface area contributed by atoms with Crippen LogP contribution in [0.1, 0.15) is 5.56 Å². The highest BCUT2D eigenvalue weighted by atomic mass is 35.5. The number of halogens is 5. The number of pyridine rings is 1. The zero-order valence-corrected chi connectivity index (χ0v) is 15.1. The Morgan fingerprint density at radius 2 is 1.74 bits per heavy atom. The first kappa shape index (κ1) is 19.7. The molecule has 1 aromatic heterocycles. The van der Waals surface area contributed by atoms with Gasteiger partial charge in [-0.2, -0.15) is 13.2 Å². The summed E-state index contributed by atoms with van der Waals surface area (Å²) in [5.41, 5.74) is -0.854. The first-order valence-corrected chi connectivity index (χ1v) is 8.79. The van der Waals surface area contributed by atoms with E-state index in [1.807, 2.05) is 4.90 Å². The molecule has 4 nitrogen and oxygen atoms in total. The van der Waals surface area contributed by atoms with Crippen LogP contribution in [0.4, 0.5) is 23.4 Å². The van der Waals surface area contributed by atoms with Crippen molar-refractivity contribution in [2.45, 2.75) is 6.18 Å². The van der Waals surface area contributed by atoms with Crippen LogP contribution < -0.4 is 9.64 Å². The molecule has 146 valence electrons. The van der Waals surface area contributed by atoms with E-state index < -0.39 is 11.7 Å². The Bertz CT molecular complexity index is 762. The lowest BCUT2D eigenvalue weighted by molar-refractivity contribution is -0.137. The second-order valence-corrected chi connectivity index (χ2v) is 6.57. The van der Waals surface area contributed by atoms with E-state index in [-0.39, 0.29) is 10.8 Å². The number of alkyl halides is 3. The van der Waals surface area contributed by atoms with Crippen LogP contribution in [-0.4, -0.2) is 49.2 Å². The van der Waals surface area contributed by atoms with Crippen LogP contribution in [0.3, 0.4) is 0 Å². The molecular formula is C18H18ClF4N3O. The minimum atomic E-state index is -4.46.